The molecule has 0 saturated heterocycles. The highest BCUT2D eigenvalue weighted by atomic mass is 15.1. The summed E-state index contributed by atoms with van der Waals surface area (Å²) in [6.07, 6.45) is 0. The Bertz CT molecular complexity index is 329. The van der Waals surface area contributed by atoms with Crippen molar-refractivity contribution in [2.45, 2.75) is 33.7 Å². The molecule has 1 unspecified atom stereocenters. The molecule has 1 aromatic rings. The zero-order valence-electron chi connectivity index (χ0n) is 12.5. The SMILES string of the molecule is CCNC(CN(C)CC(C)C)c1ccc(C)cc1. The molecule has 102 valence electrons. The smallest absolute Gasteiger partial charge is 0.0449 e. The molecule has 0 aromatic heterocycles. The van der Waals surface area contributed by atoms with Gasteiger partial charge in [-0.2, -0.15) is 0 Å². The summed E-state index contributed by atoms with van der Waals surface area (Å²) in [7, 11) is 2.21. The maximum Gasteiger partial charge on any atom is 0.0449 e. The van der Waals surface area contributed by atoms with Gasteiger partial charge in [-0.25, -0.2) is 0 Å². The molecule has 0 spiro atoms. The number of benzene rings is 1. The second kappa shape index (κ2) is 7.55. The van der Waals surface area contributed by atoms with Gasteiger partial charge >= 0.3 is 0 Å². The lowest BCUT2D eigenvalue weighted by atomic mass is 10.0. The van der Waals surface area contributed by atoms with Gasteiger partial charge in [0, 0.05) is 19.1 Å². The van der Waals surface area contributed by atoms with Crippen molar-refractivity contribution < 1.29 is 0 Å². The minimum atomic E-state index is 0.430. The van der Waals surface area contributed by atoms with Crippen molar-refractivity contribution in [3.63, 3.8) is 0 Å². The molecule has 18 heavy (non-hydrogen) atoms. The Balaban J connectivity index is 2.67. The lowest BCUT2D eigenvalue weighted by Gasteiger charge is -2.26. The van der Waals surface area contributed by atoms with Crippen LogP contribution < -0.4 is 5.32 Å². The maximum atomic E-state index is 3.58. The van der Waals surface area contributed by atoms with Gasteiger partial charge in [-0.1, -0.05) is 50.6 Å². The molecule has 0 aliphatic rings. The van der Waals surface area contributed by atoms with E-state index in [1.165, 1.54) is 11.1 Å². The summed E-state index contributed by atoms with van der Waals surface area (Å²) >= 11 is 0. The molecule has 0 amide bonds. The average molecular weight is 248 g/mol. The van der Waals surface area contributed by atoms with Gasteiger partial charge in [-0.3, -0.25) is 0 Å². The van der Waals surface area contributed by atoms with E-state index in [2.05, 4.69) is 69.2 Å². The average Bonchev–Trinajstić information content (AvgIpc) is 2.28. The lowest BCUT2D eigenvalue weighted by Crippen LogP contribution is -2.34. The first-order chi connectivity index (χ1) is 8.52. The summed E-state index contributed by atoms with van der Waals surface area (Å²) in [5, 5.41) is 3.58. The summed E-state index contributed by atoms with van der Waals surface area (Å²) in [6.45, 7) is 12.1. The molecule has 1 atom stereocenters. The van der Waals surface area contributed by atoms with Crippen LogP contribution in [0, 0.1) is 12.8 Å². The number of hydrogen-bond acceptors (Lipinski definition) is 2. The fourth-order valence-corrected chi connectivity index (χ4v) is 2.34. The summed E-state index contributed by atoms with van der Waals surface area (Å²) in [5.74, 6) is 0.718. The summed E-state index contributed by atoms with van der Waals surface area (Å²) in [5.41, 5.74) is 2.71. The quantitative estimate of drug-likeness (QED) is 0.797. The van der Waals surface area contributed by atoms with E-state index >= 15 is 0 Å². The van der Waals surface area contributed by atoms with Crippen molar-refractivity contribution >= 4 is 0 Å². The Morgan fingerprint density at radius 1 is 1.11 bits per heavy atom. The molecule has 0 heterocycles. The predicted octanol–water partition coefficient (Wildman–Crippen LogP) is 3.23. The number of nitrogens with one attached hydrogen (secondary N) is 1. The van der Waals surface area contributed by atoms with Gasteiger partial charge in [0.05, 0.1) is 0 Å². The van der Waals surface area contributed by atoms with E-state index in [9.17, 15) is 0 Å². The monoisotopic (exact) mass is 248 g/mol. The first-order valence-corrected chi connectivity index (χ1v) is 7.01. The first kappa shape index (κ1) is 15.2. The van der Waals surface area contributed by atoms with Crippen LogP contribution in [-0.2, 0) is 0 Å². The van der Waals surface area contributed by atoms with Gasteiger partial charge in [0.25, 0.3) is 0 Å². The normalized spacial score (nSPS) is 13.3. The van der Waals surface area contributed by atoms with Crippen LogP contribution in [0.15, 0.2) is 24.3 Å². The van der Waals surface area contributed by atoms with Crippen molar-refractivity contribution in [2.24, 2.45) is 5.92 Å². The molecular weight excluding hydrogens is 220 g/mol. The van der Waals surface area contributed by atoms with E-state index in [4.69, 9.17) is 0 Å². The molecule has 1 aromatic carbocycles. The highest BCUT2D eigenvalue weighted by Crippen LogP contribution is 2.15. The molecule has 0 saturated carbocycles. The van der Waals surface area contributed by atoms with Crippen LogP contribution in [0.3, 0.4) is 0 Å². The minimum absolute atomic E-state index is 0.430. The Labute approximate surface area is 112 Å². The molecule has 1 rings (SSSR count). The number of likely N-dealkylation sites (N-methyl/N-ethyl adjacent to an activating group) is 2. The van der Waals surface area contributed by atoms with Crippen molar-refractivity contribution in [2.75, 3.05) is 26.7 Å². The molecule has 0 aliphatic heterocycles. The van der Waals surface area contributed by atoms with Gasteiger partial charge in [0.2, 0.25) is 0 Å². The maximum absolute atomic E-state index is 3.58. The van der Waals surface area contributed by atoms with Crippen molar-refractivity contribution in [3.8, 4) is 0 Å². The van der Waals surface area contributed by atoms with Crippen molar-refractivity contribution in [1.29, 1.82) is 0 Å². The first-order valence-electron chi connectivity index (χ1n) is 7.01. The zero-order valence-corrected chi connectivity index (χ0v) is 12.5. The standard InChI is InChI=1S/C16H28N2/c1-6-17-16(12-18(5)11-13(2)3)15-9-7-14(4)8-10-15/h7-10,13,16-17H,6,11-12H2,1-5H3. The molecule has 2 heteroatoms. The van der Waals surface area contributed by atoms with E-state index in [-0.39, 0.29) is 0 Å². The molecule has 0 aliphatic carbocycles. The number of aryl methyl sites for hydroxylation is 1. The van der Waals surface area contributed by atoms with Crippen LogP contribution in [0.1, 0.15) is 37.9 Å². The summed E-state index contributed by atoms with van der Waals surface area (Å²) in [4.78, 5) is 2.41. The Morgan fingerprint density at radius 2 is 1.72 bits per heavy atom. The Morgan fingerprint density at radius 3 is 2.22 bits per heavy atom. The third-order valence-electron chi connectivity index (χ3n) is 3.10. The minimum Gasteiger partial charge on any atom is -0.309 e. The fourth-order valence-electron chi connectivity index (χ4n) is 2.34. The van der Waals surface area contributed by atoms with E-state index in [0.29, 0.717) is 6.04 Å². The van der Waals surface area contributed by atoms with Gasteiger partial charge in [-0.15, -0.1) is 0 Å². The summed E-state index contributed by atoms with van der Waals surface area (Å²) < 4.78 is 0. The predicted molar refractivity (Wildman–Crippen MR) is 79.9 cm³/mol. The molecule has 2 nitrogen and oxygen atoms in total. The second-order valence-corrected chi connectivity index (χ2v) is 5.64. The highest BCUT2D eigenvalue weighted by Gasteiger charge is 2.13. The lowest BCUT2D eigenvalue weighted by molar-refractivity contribution is 0.263. The highest BCUT2D eigenvalue weighted by molar-refractivity contribution is 5.24. The van der Waals surface area contributed by atoms with Gasteiger partial charge in [0.15, 0.2) is 0 Å². The number of rotatable bonds is 7. The molecule has 0 radical (unpaired) electrons. The van der Waals surface area contributed by atoms with E-state index in [0.717, 1.165) is 25.6 Å². The Kier molecular flexibility index (Phi) is 6.37. The number of hydrogen-bond donors (Lipinski definition) is 1. The van der Waals surface area contributed by atoms with Crippen molar-refractivity contribution in [3.05, 3.63) is 35.4 Å². The fraction of sp³-hybridized carbons (Fsp3) is 0.625. The van der Waals surface area contributed by atoms with E-state index < -0.39 is 0 Å². The van der Waals surface area contributed by atoms with Crippen LogP contribution in [0.2, 0.25) is 0 Å². The van der Waals surface area contributed by atoms with Crippen LogP contribution in [0.25, 0.3) is 0 Å². The van der Waals surface area contributed by atoms with Crippen LogP contribution in [0.4, 0.5) is 0 Å². The second-order valence-electron chi connectivity index (χ2n) is 5.64. The van der Waals surface area contributed by atoms with Gasteiger partial charge in [-0.05, 0) is 32.0 Å². The van der Waals surface area contributed by atoms with Crippen LogP contribution >= 0.6 is 0 Å². The van der Waals surface area contributed by atoms with Crippen LogP contribution in [-0.4, -0.2) is 31.6 Å². The number of nitrogens with zero attached hydrogens (tertiary/aromatic N) is 1. The third kappa shape index (κ3) is 5.19. The molecule has 0 fully saturated rings. The molecule has 0 bridgehead atoms. The van der Waals surface area contributed by atoms with Crippen LogP contribution in [0.5, 0.6) is 0 Å². The topological polar surface area (TPSA) is 15.3 Å². The Hall–Kier alpha value is -0.860. The van der Waals surface area contributed by atoms with Gasteiger partial charge < -0.3 is 10.2 Å². The van der Waals surface area contributed by atoms with Gasteiger partial charge in [0.1, 0.15) is 0 Å². The third-order valence-corrected chi connectivity index (χ3v) is 3.10. The zero-order chi connectivity index (χ0) is 13.5. The largest absolute Gasteiger partial charge is 0.309 e. The van der Waals surface area contributed by atoms with Crippen molar-refractivity contribution in [1.82, 2.24) is 10.2 Å². The summed E-state index contributed by atoms with van der Waals surface area (Å²) in [6, 6.07) is 9.31. The van der Waals surface area contributed by atoms with E-state index in [1.807, 2.05) is 0 Å². The van der Waals surface area contributed by atoms with E-state index in [1.54, 1.807) is 0 Å². The molecular formula is C16H28N2. The molecule has 1 N–H and O–H groups in total.